The van der Waals surface area contributed by atoms with Gasteiger partial charge in [0.15, 0.2) is 0 Å². The molecule has 2 unspecified atom stereocenters. The predicted molar refractivity (Wildman–Crippen MR) is 77.3 cm³/mol. The zero-order valence-corrected chi connectivity index (χ0v) is 12.0. The molecule has 106 valence electrons. The second-order valence-corrected chi connectivity index (χ2v) is 5.75. The highest BCUT2D eigenvalue weighted by Crippen LogP contribution is 2.41. The molecule has 19 heavy (non-hydrogen) atoms. The second kappa shape index (κ2) is 6.02. The highest BCUT2D eigenvalue weighted by molar-refractivity contribution is 5.18. The van der Waals surface area contributed by atoms with E-state index in [1.807, 2.05) is 12.1 Å². The third-order valence-corrected chi connectivity index (χ3v) is 4.89. The topological polar surface area (TPSA) is 29.3 Å². The average Bonchev–Trinajstić information content (AvgIpc) is 2.85. The van der Waals surface area contributed by atoms with Crippen molar-refractivity contribution in [3.8, 4) is 0 Å². The third kappa shape index (κ3) is 2.67. The zero-order chi connectivity index (χ0) is 13.9. The molecule has 1 fully saturated rings. The number of benzene rings is 1. The number of nitrogens with two attached hydrogens (primary N) is 1. The van der Waals surface area contributed by atoms with Gasteiger partial charge in [-0.3, -0.25) is 4.90 Å². The number of rotatable bonds is 5. The van der Waals surface area contributed by atoms with Gasteiger partial charge in [-0.1, -0.05) is 38.0 Å². The first-order chi connectivity index (χ1) is 9.14. The highest BCUT2D eigenvalue weighted by atomic mass is 19.1. The van der Waals surface area contributed by atoms with E-state index < -0.39 is 0 Å². The molecule has 0 saturated heterocycles. The Bertz CT molecular complexity index is 421. The summed E-state index contributed by atoms with van der Waals surface area (Å²) in [5.41, 5.74) is 6.91. The fourth-order valence-corrected chi connectivity index (χ4v) is 3.68. The maximum absolute atomic E-state index is 13.8. The maximum atomic E-state index is 13.8. The smallest absolute Gasteiger partial charge is 0.127 e. The lowest BCUT2D eigenvalue weighted by Crippen LogP contribution is -2.54. The molecule has 0 aromatic heterocycles. The molecule has 0 bridgehead atoms. The Morgan fingerprint density at radius 3 is 2.79 bits per heavy atom. The fourth-order valence-electron chi connectivity index (χ4n) is 3.68. The van der Waals surface area contributed by atoms with Crippen molar-refractivity contribution < 1.29 is 4.39 Å². The molecule has 2 N–H and O–H groups in total. The lowest BCUT2D eigenvalue weighted by atomic mass is 9.83. The molecule has 0 spiro atoms. The fraction of sp³-hybridized carbons (Fsp3) is 0.625. The maximum Gasteiger partial charge on any atom is 0.127 e. The standard InChI is InChI=1S/C16H25FN2/c1-3-14-8-6-10-16(14,12-18)19(2)11-13-7-4-5-9-15(13)17/h4-5,7,9,14H,3,6,8,10-12,18H2,1-2H3. The van der Waals surface area contributed by atoms with E-state index in [0.29, 0.717) is 19.0 Å². The molecule has 1 aromatic rings. The number of nitrogens with zero attached hydrogens (tertiary/aromatic N) is 1. The van der Waals surface area contributed by atoms with Crippen LogP contribution in [-0.2, 0) is 6.54 Å². The van der Waals surface area contributed by atoms with Crippen LogP contribution in [0.5, 0.6) is 0 Å². The van der Waals surface area contributed by atoms with Gasteiger partial charge in [0.2, 0.25) is 0 Å². The molecule has 1 aliphatic carbocycles. The summed E-state index contributed by atoms with van der Waals surface area (Å²) in [5.74, 6) is 0.516. The van der Waals surface area contributed by atoms with Crippen molar-refractivity contribution in [2.45, 2.75) is 44.7 Å². The van der Waals surface area contributed by atoms with Crippen LogP contribution in [0.4, 0.5) is 4.39 Å². The monoisotopic (exact) mass is 264 g/mol. The SMILES string of the molecule is CCC1CCCC1(CN)N(C)Cc1ccccc1F. The van der Waals surface area contributed by atoms with E-state index in [1.165, 1.54) is 18.9 Å². The van der Waals surface area contributed by atoms with Crippen LogP contribution in [-0.4, -0.2) is 24.0 Å². The van der Waals surface area contributed by atoms with Gasteiger partial charge in [0.1, 0.15) is 5.82 Å². The van der Waals surface area contributed by atoms with Gasteiger partial charge in [-0.15, -0.1) is 0 Å². The Kier molecular flexibility index (Phi) is 4.58. The van der Waals surface area contributed by atoms with Crippen LogP contribution in [0, 0.1) is 11.7 Å². The third-order valence-electron chi connectivity index (χ3n) is 4.89. The Labute approximate surface area is 115 Å². The Morgan fingerprint density at radius 2 is 2.16 bits per heavy atom. The summed E-state index contributed by atoms with van der Waals surface area (Å²) < 4.78 is 13.8. The molecule has 0 aliphatic heterocycles. The zero-order valence-electron chi connectivity index (χ0n) is 12.0. The number of halogens is 1. The van der Waals surface area contributed by atoms with Gasteiger partial charge in [0.05, 0.1) is 0 Å². The van der Waals surface area contributed by atoms with Crippen LogP contribution in [0.25, 0.3) is 0 Å². The van der Waals surface area contributed by atoms with Gasteiger partial charge in [0, 0.05) is 24.2 Å². The van der Waals surface area contributed by atoms with Crippen molar-refractivity contribution in [1.82, 2.24) is 4.90 Å². The van der Waals surface area contributed by atoms with Crippen molar-refractivity contribution in [2.75, 3.05) is 13.6 Å². The summed E-state index contributed by atoms with van der Waals surface area (Å²) in [7, 11) is 2.09. The minimum atomic E-state index is -0.118. The molecule has 1 aromatic carbocycles. The molecule has 1 aliphatic rings. The Morgan fingerprint density at radius 1 is 1.42 bits per heavy atom. The number of likely N-dealkylation sites (N-methyl/N-ethyl adjacent to an activating group) is 1. The van der Waals surface area contributed by atoms with E-state index >= 15 is 0 Å². The van der Waals surface area contributed by atoms with Gasteiger partial charge in [-0.25, -0.2) is 4.39 Å². The number of hydrogen-bond acceptors (Lipinski definition) is 2. The van der Waals surface area contributed by atoms with Crippen molar-refractivity contribution in [1.29, 1.82) is 0 Å². The molecule has 2 atom stereocenters. The van der Waals surface area contributed by atoms with Gasteiger partial charge >= 0.3 is 0 Å². The average molecular weight is 264 g/mol. The van der Waals surface area contributed by atoms with Crippen LogP contribution in [0.2, 0.25) is 0 Å². The first-order valence-electron chi connectivity index (χ1n) is 7.28. The molecule has 3 heteroatoms. The second-order valence-electron chi connectivity index (χ2n) is 5.75. The van der Waals surface area contributed by atoms with E-state index in [9.17, 15) is 4.39 Å². The summed E-state index contributed by atoms with van der Waals surface area (Å²) in [6.45, 7) is 3.54. The van der Waals surface area contributed by atoms with E-state index in [4.69, 9.17) is 5.73 Å². The van der Waals surface area contributed by atoms with E-state index in [1.54, 1.807) is 6.07 Å². The minimum absolute atomic E-state index is 0.0526. The summed E-state index contributed by atoms with van der Waals surface area (Å²) in [6, 6.07) is 7.03. The summed E-state index contributed by atoms with van der Waals surface area (Å²) in [5, 5.41) is 0. The lowest BCUT2D eigenvalue weighted by molar-refractivity contribution is 0.0737. The summed E-state index contributed by atoms with van der Waals surface area (Å²) in [4.78, 5) is 2.28. The highest BCUT2D eigenvalue weighted by Gasteiger charge is 2.43. The minimum Gasteiger partial charge on any atom is -0.329 e. The molecule has 2 nitrogen and oxygen atoms in total. The normalized spacial score (nSPS) is 27.1. The van der Waals surface area contributed by atoms with Gasteiger partial charge in [0.25, 0.3) is 0 Å². The van der Waals surface area contributed by atoms with Gasteiger partial charge in [-0.2, -0.15) is 0 Å². The molecular formula is C16H25FN2. The molecule has 2 rings (SSSR count). The largest absolute Gasteiger partial charge is 0.329 e. The Hall–Kier alpha value is -0.930. The predicted octanol–water partition coefficient (Wildman–Crippen LogP) is 3.17. The first-order valence-corrected chi connectivity index (χ1v) is 7.28. The van der Waals surface area contributed by atoms with Crippen LogP contribution >= 0.6 is 0 Å². The van der Waals surface area contributed by atoms with Crippen LogP contribution in [0.3, 0.4) is 0 Å². The Balaban J connectivity index is 2.18. The van der Waals surface area contributed by atoms with Crippen LogP contribution < -0.4 is 5.73 Å². The molecule has 0 radical (unpaired) electrons. The number of hydrogen-bond donors (Lipinski definition) is 1. The summed E-state index contributed by atoms with van der Waals surface area (Å²) in [6.07, 6.45) is 4.76. The van der Waals surface area contributed by atoms with Crippen LogP contribution in [0.1, 0.15) is 38.2 Å². The quantitative estimate of drug-likeness (QED) is 0.885. The molecule has 0 amide bonds. The van der Waals surface area contributed by atoms with Crippen molar-refractivity contribution in [2.24, 2.45) is 11.7 Å². The molecule has 0 heterocycles. The summed E-state index contributed by atoms with van der Waals surface area (Å²) >= 11 is 0. The van der Waals surface area contributed by atoms with Crippen LogP contribution in [0.15, 0.2) is 24.3 Å². The lowest BCUT2D eigenvalue weighted by Gasteiger charge is -2.43. The molecule has 1 saturated carbocycles. The van der Waals surface area contributed by atoms with Gasteiger partial charge in [-0.05, 0) is 31.9 Å². The van der Waals surface area contributed by atoms with Crippen molar-refractivity contribution in [3.05, 3.63) is 35.6 Å². The van der Waals surface area contributed by atoms with Crippen molar-refractivity contribution >= 4 is 0 Å². The van der Waals surface area contributed by atoms with E-state index in [2.05, 4.69) is 18.9 Å². The molecular weight excluding hydrogens is 239 g/mol. The van der Waals surface area contributed by atoms with Gasteiger partial charge < -0.3 is 5.73 Å². The van der Waals surface area contributed by atoms with Crippen molar-refractivity contribution in [3.63, 3.8) is 0 Å². The van der Waals surface area contributed by atoms with E-state index in [0.717, 1.165) is 18.4 Å². The first kappa shape index (κ1) is 14.5. The van der Waals surface area contributed by atoms with E-state index in [-0.39, 0.29) is 11.4 Å².